The van der Waals surface area contributed by atoms with Gasteiger partial charge in [0.25, 0.3) is 5.91 Å². The third-order valence-corrected chi connectivity index (χ3v) is 9.34. The molecule has 9 heteroatoms. The van der Waals surface area contributed by atoms with Gasteiger partial charge in [-0.25, -0.2) is 9.97 Å². The summed E-state index contributed by atoms with van der Waals surface area (Å²) in [6.07, 6.45) is 10.4. The number of nitrogens with zero attached hydrogens (tertiary/aromatic N) is 5. The highest BCUT2D eigenvalue weighted by molar-refractivity contribution is 6.05. The Balaban J connectivity index is 1.15. The molecule has 2 fully saturated rings. The lowest BCUT2D eigenvalue weighted by Gasteiger charge is -2.38. The molecule has 2 aliphatic heterocycles. The average Bonchev–Trinajstić information content (AvgIpc) is 3.76. The van der Waals surface area contributed by atoms with Crippen molar-refractivity contribution in [1.29, 1.82) is 0 Å². The summed E-state index contributed by atoms with van der Waals surface area (Å²) in [6, 6.07) is 16.9. The third kappa shape index (κ3) is 6.68. The quantitative estimate of drug-likeness (QED) is 0.208. The standard InChI is InChI=1S/C36H45N7O2/c1-5-25-10-9-11-26(6-2)34(25)40-35(44)27-22-32(41(3)24-27)30-14-17-37-36(38-30)39-31-13-12-29(23-33(31)45-4)43-20-15-28(16-21-43)42-18-7-8-19-42/h9-14,17,22-24,28H,5-8,15-16,18-21H2,1-4H3,(H,40,44)(H,37,38,39). The molecule has 0 unspecified atom stereocenters. The van der Waals surface area contributed by atoms with E-state index in [1.165, 1.54) is 44.5 Å². The normalized spacial score (nSPS) is 15.8. The van der Waals surface area contributed by atoms with E-state index < -0.39 is 0 Å². The molecule has 2 N–H and O–H groups in total. The van der Waals surface area contributed by atoms with Crippen molar-refractivity contribution < 1.29 is 9.53 Å². The van der Waals surface area contributed by atoms with Gasteiger partial charge in [0.2, 0.25) is 5.95 Å². The Hall–Kier alpha value is -4.37. The van der Waals surface area contributed by atoms with Gasteiger partial charge < -0.3 is 29.7 Å². The Morgan fingerprint density at radius 1 is 0.978 bits per heavy atom. The topological polar surface area (TPSA) is 87.6 Å². The van der Waals surface area contributed by atoms with Crippen molar-refractivity contribution in [3.8, 4) is 17.1 Å². The van der Waals surface area contributed by atoms with Crippen LogP contribution in [-0.2, 0) is 19.9 Å². The second kappa shape index (κ2) is 13.7. The van der Waals surface area contributed by atoms with Gasteiger partial charge in [-0.3, -0.25) is 4.79 Å². The molecule has 0 atom stereocenters. The number of carbonyl (C=O) groups is 1. The number of amides is 1. The van der Waals surface area contributed by atoms with E-state index >= 15 is 0 Å². The molecule has 0 radical (unpaired) electrons. The Morgan fingerprint density at radius 2 is 1.71 bits per heavy atom. The van der Waals surface area contributed by atoms with Gasteiger partial charge in [-0.15, -0.1) is 0 Å². The Morgan fingerprint density at radius 3 is 2.40 bits per heavy atom. The monoisotopic (exact) mass is 607 g/mol. The van der Waals surface area contributed by atoms with Crippen LogP contribution in [0.15, 0.2) is 60.9 Å². The van der Waals surface area contributed by atoms with E-state index in [1.54, 1.807) is 13.3 Å². The number of ether oxygens (including phenoxy) is 1. The van der Waals surface area contributed by atoms with Gasteiger partial charge in [0.1, 0.15) is 5.75 Å². The van der Waals surface area contributed by atoms with E-state index in [2.05, 4.69) is 69.6 Å². The van der Waals surface area contributed by atoms with Gasteiger partial charge in [-0.2, -0.15) is 0 Å². The molecule has 2 aromatic carbocycles. The van der Waals surface area contributed by atoms with Crippen molar-refractivity contribution in [3.63, 3.8) is 0 Å². The number of hydrogen-bond donors (Lipinski definition) is 2. The molecule has 2 aliphatic rings. The van der Waals surface area contributed by atoms with E-state index in [-0.39, 0.29) is 5.91 Å². The number of carbonyl (C=O) groups excluding carboxylic acids is 1. The molecular weight excluding hydrogens is 562 g/mol. The van der Waals surface area contributed by atoms with Crippen molar-refractivity contribution in [2.75, 3.05) is 48.8 Å². The van der Waals surface area contributed by atoms with Gasteiger partial charge in [0, 0.05) is 56.0 Å². The van der Waals surface area contributed by atoms with E-state index in [4.69, 9.17) is 9.72 Å². The third-order valence-electron chi connectivity index (χ3n) is 9.34. The van der Waals surface area contributed by atoms with Gasteiger partial charge in [-0.05, 0) is 87.0 Å². The summed E-state index contributed by atoms with van der Waals surface area (Å²) in [4.78, 5) is 27.8. The van der Waals surface area contributed by atoms with Crippen LogP contribution in [0.4, 0.5) is 23.0 Å². The lowest BCUT2D eigenvalue weighted by atomic mass is 10.0. The zero-order valence-corrected chi connectivity index (χ0v) is 27.0. The Bertz CT molecular complexity index is 1610. The van der Waals surface area contributed by atoms with Crippen LogP contribution in [0.5, 0.6) is 5.75 Å². The molecule has 9 nitrogen and oxygen atoms in total. The molecule has 1 amide bonds. The number of hydrogen-bond acceptors (Lipinski definition) is 7. The first-order chi connectivity index (χ1) is 22.0. The number of methoxy groups -OCH3 is 1. The fraction of sp³-hybridized carbons (Fsp3) is 0.417. The van der Waals surface area contributed by atoms with Gasteiger partial charge in [-0.1, -0.05) is 32.0 Å². The SMILES string of the molecule is CCc1cccc(CC)c1NC(=O)c1cc(-c2ccnc(Nc3ccc(N4CCC(N5CCCC5)CC4)cc3OC)n2)n(C)c1. The molecule has 45 heavy (non-hydrogen) atoms. The van der Waals surface area contributed by atoms with Crippen LogP contribution in [0, 0.1) is 0 Å². The maximum Gasteiger partial charge on any atom is 0.257 e. The highest BCUT2D eigenvalue weighted by atomic mass is 16.5. The lowest BCUT2D eigenvalue weighted by Crippen LogP contribution is -2.43. The van der Waals surface area contributed by atoms with E-state index in [1.807, 2.05) is 36.0 Å². The van der Waals surface area contributed by atoms with Crippen molar-refractivity contribution in [3.05, 3.63) is 77.6 Å². The molecule has 2 aromatic heterocycles. The second-order valence-electron chi connectivity index (χ2n) is 12.1. The predicted molar refractivity (Wildman–Crippen MR) is 182 cm³/mol. The molecule has 236 valence electrons. The van der Waals surface area contributed by atoms with Gasteiger partial charge in [0.15, 0.2) is 0 Å². The average molecular weight is 608 g/mol. The summed E-state index contributed by atoms with van der Waals surface area (Å²) in [5.74, 6) is 1.08. The van der Waals surface area contributed by atoms with Crippen molar-refractivity contribution in [2.45, 2.75) is 58.4 Å². The van der Waals surface area contributed by atoms with Gasteiger partial charge in [0.05, 0.1) is 29.7 Å². The van der Waals surface area contributed by atoms with Crippen LogP contribution < -0.4 is 20.3 Å². The first-order valence-corrected chi connectivity index (χ1v) is 16.3. The van der Waals surface area contributed by atoms with Crippen LogP contribution in [-0.4, -0.2) is 64.7 Å². The summed E-state index contributed by atoms with van der Waals surface area (Å²) >= 11 is 0. The van der Waals surface area contributed by atoms with Crippen LogP contribution in [0.25, 0.3) is 11.4 Å². The minimum atomic E-state index is -0.134. The number of para-hydroxylation sites is 1. The number of aromatic nitrogens is 3. The molecular formula is C36H45N7O2. The van der Waals surface area contributed by atoms with Crippen LogP contribution in [0.2, 0.25) is 0 Å². The molecule has 2 saturated heterocycles. The first-order valence-electron chi connectivity index (χ1n) is 16.3. The summed E-state index contributed by atoms with van der Waals surface area (Å²) < 4.78 is 7.72. The van der Waals surface area contributed by atoms with Crippen molar-refractivity contribution in [2.24, 2.45) is 7.05 Å². The zero-order chi connectivity index (χ0) is 31.3. The zero-order valence-electron chi connectivity index (χ0n) is 27.0. The highest BCUT2D eigenvalue weighted by Gasteiger charge is 2.27. The minimum Gasteiger partial charge on any atom is -0.494 e. The molecule has 0 spiro atoms. The predicted octanol–water partition coefficient (Wildman–Crippen LogP) is 6.68. The number of aryl methyl sites for hydroxylation is 3. The number of likely N-dealkylation sites (tertiary alicyclic amines) is 1. The van der Waals surface area contributed by atoms with Crippen molar-refractivity contribution >= 4 is 28.9 Å². The number of anilines is 4. The van der Waals surface area contributed by atoms with E-state index in [0.717, 1.165) is 65.9 Å². The van der Waals surface area contributed by atoms with Crippen molar-refractivity contribution in [1.82, 2.24) is 19.4 Å². The Labute approximate surface area is 266 Å². The molecule has 6 rings (SSSR count). The highest BCUT2D eigenvalue weighted by Crippen LogP contribution is 2.34. The van der Waals surface area contributed by atoms with Gasteiger partial charge >= 0.3 is 0 Å². The molecule has 0 bridgehead atoms. The first kappa shape index (κ1) is 30.6. The lowest BCUT2D eigenvalue weighted by molar-refractivity contribution is 0.102. The van der Waals surface area contributed by atoms with E-state index in [9.17, 15) is 4.79 Å². The molecule has 0 aliphatic carbocycles. The van der Waals surface area contributed by atoms with Crippen LogP contribution in [0.3, 0.4) is 0 Å². The molecule has 0 saturated carbocycles. The largest absolute Gasteiger partial charge is 0.494 e. The van der Waals surface area contributed by atoms with Crippen LogP contribution >= 0.6 is 0 Å². The number of piperidine rings is 1. The summed E-state index contributed by atoms with van der Waals surface area (Å²) in [6.45, 7) is 8.85. The summed E-state index contributed by atoms with van der Waals surface area (Å²) in [5.41, 5.74) is 7.28. The second-order valence-corrected chi connectivity index (χ2v) is 12.1. The Kier molecular flexibility index (Phi) is 9.35. The maximum absolute atomic E-state index is 13.4. The number of benzene rings is 2. The number of rotatable bonds is 10. The fourth-order valence-corrected chi connectivity index (χ4v) is 6.79. The maximum atomic E-state index is 13.4. The minimum absolute atomic E-state index is 0.134. The molecule has 4 heterocycles. The summed E-state index contributed by atoms with van der Waals surface area (Å²) in [7, 11) is 3.62. The fourth-order valence-electron chi connectivity index (χ4n) is 6.79. The molecule has 4 aromatic rings. The summed E-state index contributed by atoms with van der Waals surface area (Å²) in [5, 5.41) is 6.53. The van der Waals surface area contributed by atoms with Crippen LogP contribution in [0.1, 0.15) is 61.0 Å². The number of nitrogens with one attached hydrogen (secondary N) is 2. The smallest absolute Gasteiger partial charge is 0.257 e. The van der Waals surface area contributed by atoms with E-state index in [0.29, 0.717) is 17.2 Å².